The third kappa shape index (κ3) is 1.42. The van der Waals surface area contributed by atoms with Gasteiger partial charge in [-0.25, -0.2) is 0 Å². The minimum Gasteiger partial charge on any atom is -0.396 e. The van der Waals surface area contributed by atoms with E-state index in [2.05, 4.69) is 35.9 Å². The van der Waals surface area contributed by atoms with E-state index in [1.807, 2.05) is 7.05 Å². The largest absolute Gasteiger partial charge is 0.396 e. The summed E-state index contributed by atoms with van der Waals surface area (Å²) in [5, 5.41) is 10.2. The van der Waals surface area contributed by atoms with Crippen LogP contribution >= 0.6 is 0 Å². The number of benzene rings is 1. The van der Waals surface area contributed by atoms with Crippen molar-refractivity contribution in [2.45, 2.75) is 13.3 Å². The zero-order chi connectivity index (χ0) is 10.1. The molecule has 0 radical (unpaired) electrons. The lowest BCUT2D eigenvalue weighted by Gasteiger charge is -1.97. The second kappa shape index (κ2) is 3.46. The molecule has 1 N–H and O–H groups in total. The molecule has 74 valence electrons. The molecule has 0 amide bonds. The topological polar surface area (TPSA) is 25.2 Å². The van der Waals surface area contributed by atoms with Crippen LogP contribution < -0.4 is 0 Å². The summed E-state index contributed by atoms with van der Waals surface area (Å²) in [6.07, 6.45) is 2.83. The normalized spacial score (nSPS) is 11.1. The van der Waals surface area contributed by atoms with Crippen molar-refractivity contribution in [1.82, 2.24) is 4.57 Å². The fraction of sp³-hybridized carbons (Fsp3) is 0.333. The maximum Gasteiger partial charge on any atom is 0.0483 e. The molecule has 0 atom stereocenters. The molecule has 0 aliphatic rings. The summed E-state index contributed by atoms with van der Waals surface area (Å²) in [5.41, 5.74) is 3.74. The number of nitrogens with zero attached hydrogens (tertiary/aromatic N) is 1. The van der Waals surface area contributed by atoms with E-state index >= 15 is 0 Å². The highest BCUT2D eigenvalue weighted by Crippen LogP contribution is 2.21. The summed E-state index contributed by atoms with van der Waals surface area (Å²) in [6, 6.07) is 6.43. The summed E-state index contributed by atoms with van der Waals surface area (Å²) in [7, 11) is 2.04. The van der Waals surface area contributed by atoms with Crippen LogP contribution in [0.2, 0.25) is 0 Å². The Morgan fingerprint density at radius 1 is 1.36 bits per heavy atom. The predicted octanol–water partition coefficient (Wildman–Crippen LogP) is 2.02. The van der Waals surface area contributed by atoms with E-state index in [0.29, 0.717) is 0 Å². The van der Waals surface area contributed by atoms with Gasteiger partial charge in [-0.3, -0.25) is 0 Å². The number of fused-ring (bicyclic) bond motifs is 1. The molecule has 0 fully saturated rings. The van der Waals surface area contributed by atoms with Gasteiger partial charge in [-0.1, -0.05) is 12.1 Å². The molecule has 2 nitrogen and oxygen atoms in total. The monoisotopic (exact) mass is 189 g/mol. The minimum atomic E-state index is 0.215. The van der Waals surface area contributed by atoms with Crippen molar-refractivity contribution in [3.8, 4) is 0 Å². The second-order valence-electron chi connectivity index (χ2n) is 3.76. The van der Waals surface area contributed by atoms with Crippen molar-refractivity contribution in [2.24, 2.45) is 7.05 Å². The van der Waals surface area contributed by atoms with E-state index in [1.54, 1.807) is 0 Å². The van der Waals surface area contributed by atoms with Gasteiger partial charge in [0.15, 0.2) is 0 Å². The van der Waals surface area contributed by atoms with Gasteiger partial charge in [-0.05, 0) is 30.5 Å². The van der Waals surface area contributed by atoms with Crippen LogP contribution in [0.15, 0.2) is 24.4 Å². The first-order chi connectivity index (χ1) is 6.72. The van der Waals surface area contributed by atoms with Crippen molar-refractivity contribution >= 4 is 10.9 Å². The lowest BCUT2D eigenvalue weighted by molar-refractivity contribution is 0.300. The first kappa shape index (κ1) is 9.28. The van der Waals surface area contributed by atoms with E-state index in [4.69, 9.17) is 5.11 Å². The van der Waals surface area contributed by atoms with Gasteiger partial charge in [0.25, 0.3) is 0 Å². The summed E-state index contributed by atoms with van der Waals surface area (Å²) in [6.45, 7) is 2.31. The summed E-state index contributed by atoms with van der Waals surface area (Å²) in [5.74, 6) is 0. The van der Waals surface area contributed by atoms with E-state index < -0.39 is 0 Å². The number of rotatable bonds is 2. The Hall–Kier alpha value is -1.28. The van der Waals surface area contributed by atoms with Crippen molar-refractivity contribution in [2.75, 3.05) is 6.61 Å². The highest BCUT2D eigenvalue weighted by molar-refractivity contribution is 5.84. The molecule has 1 aromatic heterocycles. The molecule has 0 aliphatic heterocycles. The van der Waals surface area contributed by atoms with Gasteiger partial charge in [0, 0.05) is 30.8 Å². The van der Waals surface area contributed by atoms with Crippen LogP contribution in [0.5, 0.6) is 0 Å². The second-order valence-corrected chi connectivity index (χ2v) is 3.76. The van der Waals surface area contributed by atoms with Gasteiger partial charge in [-0.15, -0.1) is 0 Å². The van der Waals surface area contributed by atoms with E-state index in [9.17, 15) is 0 Å². The number of hydrogen-bond donors (Lipinski definition) is 1. The Bertz CT molecular complexity index is 457. The molecule has 1 heterocycles. The molecule has 14 heavy (non-hydrogen) atoms. The van der Waals surface area contributed by atoms with Gasteiger partial charge in [0.2, 0.25) is 0 Å². The SMILES string of the molecule is Cc1ccc2c(CCO)cn(C)c2c1. The van der Waals surface area contributed by atoms with Crippen molar-refractivity contribution in [3.63, 3.8) is 0 Å². The Balaban J connectivity index is 2.65. The quantitative estimate of drug-likeness (QED) is 0.768. The smallest absolute Gasteiger partial charge is 0.0483 e. The molecule has 0 aliphatic carbocycles. The Kier molecular flexibility index (Phi) is 2.30. The Morgan fingerprint density at radius 3 is 2.86 bits per heavy atom. The molecule has 2 aromatic rings. The van der Waals surface area contributed by atoms with Crippen molar-refractivity contribution in [3.05, 3.63) is 35.5 Å². The first-order valence-corrected chi connectivity index (χ1v) is 4.88. The molecule has 1 aromatic carbocycles. The molecule has 0 unspecified atom stereocenters. The summed E-state index contributed by atoms with van der Waals surface area (Å²) >= 11 is 0. The lowest BCUT2D eigenvalue weighted by atomic mass is 10.1. The predicted molar refractivity (Wildman–Crippen MR) is 58.4 cm³/mol. The van der Waals surface area contributed by atoms with Gasteiger partial charge >= 0.3 is 0 Å². The average molecular weight is 189 g/mol. The molecular formula is C12H15NO. The summed E-state index contributed by atoms with van der Waals surface area (Å²) < 4.78 is 2.12. The Morgan fingerprint density at radius 2 is 2.14 bits per heavy atom. The minimum absolute atomic E-state index is 0.215. The van der Waals surface area contributed by atoms with Crippen molar-refractivity contribution < 1.29 is 5.11 Å². The third-order valence-electron chi connectivity index (χ3n) is 2.61. The van der Waals surface area contributed by atoms with Crippen LogP contribution in [0.25, 0.3) is 10.9 Å². The number of aliphatic hydroxyl groups excluding tert-OH is 1. The fourth-order valence-corrected chi connectivity index (χ4v) is 1.90. The van der Waals surface area contributed by atoms with E-state index in [1.165, 1.54) is 22.0 Å². The molecule has 0 spiro atoms. The van der Waals surface area contributed by atoms with E-state index in [-0.39, 0.29) is 6.61 Å². The molecule has 0 saturated heterocycles. The third-order valence-corrected chi connectivity index (χ3v) is 2.61. The van der Waals surface area contributed by atoms with Crippen LogP contribution in [0.4, 0.5) is 0 Å². The molecular weight excluding hydrogens is 174 g/mol. The van der Waals surface area contributed by atoms with Gasteiger partial charge in [0.05, 0.1) is 0 Å². The zero-order valence-corrected chi connectivity index (χ0v) is 8.62. The van der Waals surface area contributed by atoms with Crippen LogP contribution in [0.3, 0.4) is 0 Å². The standard InChI is InChI=1S/C12H15NO/c1-9-3-4-11-10(5-6-14)8-13(2)12(11)7-9/h3-4,7-8,14H,5-6H2,1-2H3. The lowest BCUT2D eigenvalue weighted by Crippen LogP contribution is -1.88. The van der Waals surface area contributed by atoms with Crippen LogP contribution in [-0.2, 0) is 13.5 Å². The van der Waals surface area contributed by atoms with Crippen LogP contribution in [-0.4, -0.2) is 16.3 Å². The first-order valence-electron chi connectivity index (χ1n) is 4.88. The number of aromatic nitrogens is 1. The highest BCUT2D eigenvalue weighted by Gasteiger charge is 2.05. The summed E-state index contributed by atoms with van der Waals surface area (Å²) in [4.78, 5) is 0. The van der Waals surface area contributed by atoms with Gasteiger partial charge in [0.1, 0.15) is 0 Å². The van der Waals surface area contributed by atoms with Crippen molar-refractivity contribution in [1.29, 1.82) is 0 Å². The van der Waals surface area contributed by atoms with Crippen LogP contribution in [0, 0.1) is 6.92 Å². The zero-order valence-electron chi connectivity index (χ0n) is 8.62. The average Bonchev–Trinajstić information content (AvgIpc) is 2.44. The van der Waals surface area contributed by atoms with Gasteiger partial charge in [-0.2, -0.15) is 0 Å². The maximum absolute atomic E-state index is 8.93. The molecule has 2 rings (SSSR count). The maximum atomic E-state index is 8.93. The number of aliphatic hydroxyl groups is 1. The Labute approximate surface area is 83.8 Å². The van der Waals surface area contributed by atoms with Crippen LogP contribution in [0.1, 0.15) is 11.1 Å². The molecule has 0 bridgehead atoms. The molecule has 2 heteroatoms. The highest BCUT2D eigenvalue weighted by atomic mass is 16.2. The fourth-order valence-electron chi connectivity index (χ4n) is 1.90. The number of hydrogen-bond acceptors (Lipinski definition) is 1. The number of aryl methyl sites for hydroxylation is 2. The van der Waals surface area contributed by atoms with E-state index in [0.717, 1.165) is 6.42 Å². The molecule has 0 saturated carbocycles. The van der Waals surface area contributed by atoms with Gasteiger partial charge < -0.3 is 9.67 Å².